The van der Waals surface area contributed by atoms with Crippen molar-refractivity contribution in [3.8, 4) is 28.3 Å². The molecule has 35 heavy (non-hydrogen) atoms. The Labute approximate surface area is 219 Å². The first-order valence-electron chi connectivity index (χ1n) is 11.2. The van der Waals surface area contributed by atoms with Crippen LogP contribution < -0.4 is 10.1 Å². The van der Waals surface area contributed by atoms with E-state index >= 15 is 0 Å². The molecule has 1 aliphatic heterocycles. The largest absolute Gasteiger partial charge is 0.481 e. The van der Waals surface area contributed by atoms with Crippen molar-refractivity contribution < 1.29 is 14.6 Å². The fraction of sp³-hybridized carbons (Fsp3) is 0.320. The molecule has 10 heteroatoms. The van der Waals surface area contributed by atoms with E-state index in [4.69, 9.17) is 49.6 Å². The summed E-state index contributed by atoms with van der Waals surface area (Å²) in [6, 6.07) is 11.6. The molecule has 0 atom stereocenters. The molecule has 184 valence electrons. The Kier molecular flexibility index (Phi) is 8.46. The van der Waals surface area contributed by atoms with Crippen molar-refractivity contribution in [3.05, 3.63) is 63.4 Å². The number of amides is 1. The third-order valence-electron chi connectivity index (χ3n) is 6.11. The van der Waals surface area contributed by atoms with Gasteiger partial charge in [-0.15, -0.1) is 0 Å². The normalized spacial score (nSPS) is 14.3. The van der Waals surface area contributed by atoms with E-state index in [9.17, 15) is 4.79 Å². The Morgan fingerprint density at radius 1 is 1.09 bits per heavy atom. The number of pyridine rings is 2. The molecule has 1 aromatic carbocycles. The number of ether oxygens (including phenoxy) is 1. The lowest BCUT2D eigenvalue weighted by molar-refractivity contribution is -0.135. The van der Waals surface area contributed by atoms with Crippen LogP contribution in [0.1, 0.15) is 18.4 Å². The van der Waals surface area contributed by atoms with E-state index < -0.39 is 6.61 Å². The summed E-state index contributed by atoms with van der Waals surface area (Å²) < 4.78 is 5.58. The maximum Gasteiger partial charge on any atom is 0.248 e. The molecule has 2 N–H and O–H groups in total. The van der Waals surface area contributed by atoms with Crippen molar-refractivity contribution in [2.24, 2.45) is 0 Å². The van der Waals surface area contributed by atoms with Gasteiger partial charge >= 0.3 is 0 Å². The van der Waals surface area contributed by atoms with Crippen molar-refractivity contribution in [2.45, 2.75) is 25.4 Å². The third-order valence-corrected chi connectivity index (χ3v) is 7.28. The second-order valence-electron chi connectivity index (χ2n) is 8.19. The van der Waals surface area contributed by atoms with Crippen LogP contribution in [0.3, 0.4) is 0 Å². The molecule has 0 aliphatic carbocycles. The Bertz CT molecular complexity index is 1220. The average Bonchev–Trinajstić information content (AvgIpc) is 2.89. The Hall–Kier alpha value is -2.42. The first-order chi connectivity index (χ1) is 16.9. The number of piperidine rings is 1. The molecule has 4 rings (SSSR count). The summed E-state index contributed by atoms with van der Waals surface area (Å²) in [6.07, 6.45) is 3.23. The number of methoxy groups -OCH3 is 1. The predicted octanol–water partition coefficient (Wildman–Crippen LogP) is 4.85. The van der Waals surface area contributed by atoms with Crippen molar-refractivity contribution in [1.29, 1.82) is 0 Å². The third kappa shape index (κ3) is 5.71. The second kappa shape index (κ2) is 11.5. The Balaban J connectivity index is 1.51. The van der Waals surface area contributed by atoms with Gasteiger partial charge in [0.05, 0.1) is 22.8 Å². The Morgan fingerprint density at radius 3 is 2.51 bits per heavy atom. The number of likely N-dealkylation sites (tertiary alicyclic amines) is 1. The van der Waals surface area contributed by atoms with E-state index in [1.165, 1.54) is 0 Å². The average molecular weight is 536 g/mol. The van der Waals surface area contributed by atoms with Gasteiger partial charge in [-0.25, -0.2) is 9.97 Å². The number of halogens is 3. The van der Waals surface area contributed by atoms with Crippen LogP contribution in [-0.2, 0) is 11.3 Å². The van der Waals surface area contributed by atoms with Crippen LogP contribution >= 0.6 is 34.8 Å². The Morgan fingerprint density at radius 2 is 1.80 bits per heavy atom. The lowest BCUT2D eigenvalue weighted by atomic mass is 10.0. The number of aromatic nitrogens is 2. The van der Waals surface area contributed by atoms with Gasteiger partial charge in [0, 0.05) is 54.1 Å². The van der Waals surface area contributed by atoms with Gasteiger partial charge in [0.15, 0.2) is 0 Å². The maximum atomic E-state index is 11.6. The molecule has 0 unspecified atom stereocenters. The summed E-state index contributed by atoms with van der Waals surface area (Å²) >= 11 is 19.3. The molecular weight excluding hydrogens is 511 g/mol. The number of nitrogens with zero attached hydrogens (tertiary/aromatic N) is 3. The van der Waals surface area contributed by atoms with Crippen LogP contribution in [0, 0.1) is 0 Å². The number of aliphatic hydroxyl groups is 1. The molecule has 3 aromatic rings. The zero-order chi connectivity index (χ0) is 24.9. The molecule has 1 saturated heterocycles. The lowest BCUT2D eigenvalue weighted by Crippen LogP contribution is -2.45. The SMILES string of the molecule is COc1nc(-c2cccc(-c3ccnc(Cl)c3Cl)c2Cl)ccc1CNC1CCN(C(=O)CO)CC1. The highest BCUT2D eigenvalue weighted by molar-refractivity contribution is 6.43. The van der Waals surface area contributed by atoms with Crippen molar-refractivity contribution in [2.75, 3.05) is 26.8 Å². The molecule has 1 amide bonds. The van der Waals surface area contributed by atoms with Gasteiger partial charge in [-0.1, -0.05) is 59.1 Å². The van der Waals surface area contributed by atoms with Crippen LogP contribution in [0.25, 0.3) is 22.4 Å². The molecular formula is C25H25Cl3N4O3. The number of hydrogen-bond donors (Lipinski definition) is 2. The summed E-state index contributed by atoms with van der Waals surface area (Å²) in [5.74, 6) is 0.288. The fourth-order valence-corrected chi connectivity index (χ4v) is 4.88. The molecule has 0 bridgehead atoms. The van der Waals surface area contributed by atoms with Gasteiger partial charge in [-0.3, -0.25) is 4.79 Å². The molecule has 0 saturated carbocycles. The van der Waals surface area contributed by atoms with E-state index in [1.807, 2.05) is 30.3 Å². The molecule has 3 heterocycles. The molecule has 1 aliphatic rings. The number of carbonyl (C=O) groups excluding carboxylic acids is 1. The summed E-state index contributed by atoms with van der Waals surface area (Å²) in [4.78, 5) is 22.1. The van der Waals surface area contributed by atoms with Crippen LogP contribution in [0.5, 0.6) is 5.88 Å². The number of nitrogens with one attached hydrogen (secondary N) is 1. The second-order valence-corrected chi connectivity index (χ2v) is 9.30. The van der Waals surface area contributed by atoms with Gasteiger partial charge in [-0.05, 0) is 25.0 Å². The van der Waals surface area contributed by atoms with Crippen LogP contribution in [0.2, 0.25) is 15.2 Å². The highest BCUT2D eigenvalue weighted by Gasteiger charge is 2.22. The van der Waals surface area contributed by atoms with E-state index in [-0.39, 0.29) is 17.1 Å². The van der Waals surface area contributed by atoms with Crippen LogP contribution in [0.4, 0.5) is 0 Å². The molecule has 1 fully saturated rings. The minimum absolute atomic E-state index is 0.216. The molecule has 2 aromatic heterocycles. The van der Waals surface area contributed by atoms with E-state index in [1.54, 1.807) is 24.3 Å². The number of benzene rings is 1. The zero-order valence-corrected chi connectivity index (χ0v) is 21.4. The first-order valence-corrected chi connectivity index (χ1v) is 12.3. The topological polar surface area (TPSA) is 87.6 Å². The maximum absolute atomic E-state index is 11.6. The number of hydrogen-bond acceptors (Lipinski definition) is 6. The summed E-state index contributed by atoms with van der Waals surface area (Å²) in [6.45, 7) is 1.40. The van der Waals surface area contributed by atoms with Crippen LogP contribution in [-0.4, -0.2) is 58.7 Å². The quantitative estimate of drug-likeness (QED) is 0.421. The number of aliphatic hydroxyl groups excluding tert-OH is 1. The standard InChI is InChI=1S/C25H25Cl3N4O3/c1-35-25-15(13-30-16-8-11-32(12-9-16)21(34)14-33)5-6-20(31-25)19-4-2-3-17(22(19)26)18-7-10-29-24(28)23(18)27/h2-7,10,16,30,33H,8-9,11-14H2,1H3. The van der Waals surface area contributed by atoms with Crippen molar-refractivity contribution in [3.63, 3.8) is 0 Å². The summed E-state index contributed by atoms with van der Waals surface area (Å²) in [7, 11) is 1.59. The first kappa shape index (κ1) is 25.7. The van der Waals surface area contributed by atoms with E-state index in [2.05, 4.69) is 10.3 Å². The van der Waals surface area contributed by atoms with Gasteiger partial charge in [0.25, 0.3) is 0 Å². The van der Waals surface area contributed by atoms with Crippen molar-refractivity contribution in [1.82, 2.24) is 20.2 Å². The smallest absolute Gasteiger partial charge is 0.248 e. The summed E-state index contributed by atoms with van der Waals surface area (Å²) in [5.41, 5.74) is 3.76. The minimum atomic E-state index is -0.441. The van der Waals surface area contributed by atoms with Crippen molar-refractivity contribution >= 4 is 40.7 Å². The fourth-order valence-electron chi connectivity index (χ4n) is 4.18. The van der Waals surface area contributed by atoms with Gasteiger partial charge in [0.2, 0.25) is 11.8 Å². The highest BCUT2D eigenvalue weighted by Crippen LogP contribution is 2.40. The minimum Gasteiger partial charge on any atom is -0.481 e. The monoisotopic (exact) mass is 534 g/mol. The van der Waals surface area contributed by atoms with Gasteiger partial charge in [0.1, 0.15) is 11.8 Å². The van der Waals surface area contributed by atoms with Gasteiger partial charge in [-0.2, -0.15) is 0 Å². The lowest BCUT2D eigenvalue weighted by Gasteiger charge is -2.32. The number of carbonyl (C=O) groups is 1. The number of rotatable bonds is 7. The van der Waals surface area contributed by atoms with E-state index in [0.717, 1.165) is 29.5 Å². The predicted molar refractivity (Wildman–Crippen MR) is 138 cm³/mol. The van der Waals surface area contributed by atoms with Gasteiger partial charge < -0.3 is 20.1 Å². The van der Waals surface area contributed by atoms with Crippen LogP contribution in [0.15, 0.2) is 42.6 Å². The summed E-state index contributed by atoms with van der Waals surface area (Å²) in [5, 5.41) is 13.6. The zero-order valence-electron chi connectivity index (χ0n) is 19.1. The van der Waals surface area contributed by atoms with E-state index in [0.29, 0.717) is 46.8 Å². The molecule has 0 spiro atoms. The molecule has 7 nitrogen and oxygen atoms in total. The molecule has 0 radical (unpaired) electrons. The highest BCUT2D eigenvalue weighted by atomic mass is 35.5.